The van der Waals surface area contributed by atoms with Crippen LogP contribution in [0.3, 0.4) is 0 Å². The average Bonchev–Trinajstić information content (AvgIpc) is 2.93. The van der Waals surface area contributed by atoms with Gasteiger partial charge in [0.25, 0.3) is 0 Å². The van der Waals surface area contributed by atoms with E-state index in [0.29, 0.717) is 18.6 Å². The van der Waals surface area contributed by atoms with E-state index in [2.05, 4.69) is 26.0 Å². The van der Waals surface area contributed by atoms with E-state index in [4.69, 9.17) is 14.2 Å². The Balaban J connectivity index is 1.45. The zero-order valence-electron chi connectivity index (χ0n) is 22.8. The lowest BCUT2D eigenvalue weighted by Crippen LogP contribution is -2.47. The molecule has 0 saturated carbocycles. The van der Waals surface area contributed by atoms with E-state index < -0.39 is 0 Å². The molecule has 4 nitrogen and oxygen atoms in total. The molecule has 2 aromatic carbocycles. The summed E-state index contributed by atoms with van der Waals surface area (Å²) in [6.45, 7) is 4.86. The van der Waals surface area contributed by atoms with Crippen molar-refractivity contribution in [3.05, 3.63) is 71.8 Å². The van der Waals surface area contributed by atoms with Crippen LogP contribution >= 0.6 is 11.8 Å². The van der Waals surface area contributed by atoms with Crippen molar-refractivity contribution in [1.82, 2.24) is 0 Å². The highest BCUT2D eigenvalue weighted by atomic mass is 32.2. The Bertz CT molecular complexity index is 860. The van der Waals surface area contributed by atoms with Gasteiger partial charge >= 0.3 is 5.97 Å². The molecule has 1 heterocycles. The maximum absolute atomic E-state index is 12.9. The van der Waals surface area contributed by atoms with Gasteiger partial charge in [-0.15, -0.1) is 11.8 Å². The minimum absolute atomic E-state index is 0.0550. The van der Waals surface area contributed by atoms with Crippen LogP contribution < -0.4 is 0 Å². The number of carbonyl (C=O) groups is 1. The molecule has 1 saturated heterocycles. The molecular formula is C32H46O4S. The van der Waals surface area contributed by atoms with Crippen molar-refractivity contribution in [2.45, 2.75) is 115 Å². The first-order chi connectivity index (χ1) is 18.2. The Kier molecular flexibility index (Phi) is 14.2. The van der Waals surface area contributed by atoms with E-state index in [1.165, 1.54) is 64.2 Å². The molecular weight excluding hydrogens is 480 g/mol. The molecule has 5 heteroatoms. The number of esters is 1. The summed E-state index contributed by atoms with van der Waals surface area (Å²) in [6, 6.07) is 19.4. The van der Waals surface area contributed by atoms with Crippen molar-refractivity contribution in [2.24, 2.45) is 0 Å². The smallest absolute Gasteiger partial charge is 0.338 e. The van der Waals surface area contributed by atoms with E-state index in [-0.39, 0.29) is 29.7 Å². The zero-order chi connectivity index (χ0) is 26.1. The molecule has 4 atom stereocenters. The Labute approximate surface area is 228 Å². The maximum Gasteiger partial charge on any atom is 0.338 e. The predicted molar refractivity (Wildman–Crippen MR) is 154 cm³/mol. The van der Waals surface area contributed by atoms with Crippen LogP contribution in [0.5, 0.6) is 0 Å². The topological polar surface area (TPSA) is 44.8 Å². The van der Waals surface area contributed by atoms with Crippen LogP contribution in [0.2, 0.25) is 0 Å². The lowest BCUT2D eigenvalue weighted by molar-refractivity contribution is -0.155. The van der Waals surface area contributed by atoms with Crippen molar-refractivity contribution in [1.29, 1.82) is 0 Å². The SMILES string of the molecule is CCCCCCCCCCCCS[C@H]1O[C@H](C)[C@@H](OCc2ccccc2)C[C@@H]1OC(=O)c1ccccc1. The van der Waals surface area contributed by atoms with Crippen molar-refractivity contribution in [3.63, 3.8) is 0 Å². The van der Waals surface area contributed by atoms with E-state index in [0.717, 1.165) is 11.3 Å². The Hall–Kier alpha value is -1.82. The quantitative estimate of drug-likeness (QED) is 0.153. The first kappa shape index (κ1) is 29.7. The van der Waals surface area contributed by atoms with Crippen molar-refractivity contribution in [2.75, 3.05) is 5.75 Å². The maximum atomic E-state index is 12.9. The number of hydrogen-bond donors (Lipinski definition) is 0. The van der Waals surface area contributed by atoms with Crippen LogP contribution in [-0.4, -0.2) is 35.5 Å². The van der Waals surface area contributed by atoms with E-state index in [1.807, 2.05) is 36.4 Å². The lowest BCUT2D eigenvalue weighted by atomic mass is 10.0. The summed E-state index contributed by atoms with van der Waals surface area (Å²) in [5.74, 6) is 0.720. The number of benzene rings is 2. The van der Waals surface area contributed by atoms with Gasteiger partial charge in [0.05, 0.1) is 24.4 Å². The van der Waals surface area contributed by atoms with Crippen LogP contribution in [0.1, 0.15) is 100 Å². The van der Waals surface area contributed by atoms with Gasteiger partial charge in [0, 0.05) is 6.42 Å². The highest BCUT2D eigenvalue weighted by molar-refractivity contribution is 7.99. The molecule has 0 radical (unpaired) electrons. The fourth-order valence-corrected chi connectivity index (χ4v) is 5.96. The Morgan fingerprint density at radius 3 is 2.08 bits per heavy atom. The number of rotatable bonds is 17. The van der Waals surface area contributed by atoms with Gasteiger partial charge in [0.15, 0.2) is 0 Å². The third-order valence-electron chi connectivity index (χ3n) is 7.00. The minimum atomic E-state index is -0.335. The zero-order valence-corrected chi connectivity index (χ0v) is 23.6. The van der Waals surface area contributed by atoms with Crippen molar-refractivity contribution < 1.29 is 19.0 Å². The molecule has 0 spiro atoms. The standard InChI is InChI=1S/C32H46O4S/c1-3-4-5-6-7-8-9-10-11-18-23-37-32-30(36-31(33)28-21-16-13-17-22-28)24-29(26(2)35-32)34-25-27-19-14-12-15-20-27/h12-17,19-22,26,29-30,32H,3-11,18,23-25H2,1-2H3/t26-,29+,30+,32-/m1/s1. The largest absolute Gasteiger partial charge is 0.455 e. The molecule has 0 aliphatic carbocycles. The highest BCUT2D eigenvalue weighted by Crippen LogP contribution is 2.33. The summed E-state index contributed by atoms with van der Waals surface area (Å²) in [6.07, 6.45) is 13.4. The highest BCUT2D eigenvalue weighted by Gasteiger charge is 2.39. The molecule has 0 unspecified atom stereocenters. The molecule has 1 aliphatic heterocycles. The predicted octanol–water partition coefficient (Wildman–Crippen LogP) is 8.59. The molecule has 37 heavy (non-hydrogen) atoms. The summed E-state index contributed by atoms with van der Waals surface area (Å²) >= 11 is 1.79. The van der Waals surface area contributed by atoms with E-state index >= 15 is 0 Å². The molecule has 1 fully saturated rings. The second-order valence-corrected chi connectivity index (χ2v) is 11.3. The van der Waals surface area contributed by atoms with Gasteiger partial charge in [-0.05, 0) is 36.8 Å². The third kappa shape index (κ3) is 11.2. The van der Waals surface area contributed by atoms with Crippen molar-refractivity contribution in [3.8, 4) is 0 Å². The first-order valence-electron chi connectivity index (χ1n) is 14.4. The summed E-state index contributed by atoms with van der Waals surface area (Å²) in [5.41, 5.74) is 1.53. The summed E-state index contributed by atoms with van der Waals surface area (Å²) < 4.78 is 18.6. The second kappa shape index (κ2) is 17.6. The molecule has 3 rings (SSSR count). The summed E-state index contributed by atoms with van der Waals surface area (Å²) in [7, 11) is 0. The number of thioether (sulfide) groups is 1. The summed E-state index contributed by atoms with van der Waals surface area (Å²) in [4.78, 5) is 12.9. The number of ether oxygens (including phenoxy) is 3. The number of carbonyl (C=O) groups excluding carboxylic acids is 1. The third-order valence-corrected chi connectivity index (χ3v) is 8.26. The van der Waals surface area contributed by atoms with Gasteiger partial charge in [-0.2, -0.15) is 0 Å². The second-order valence-electron chi connectivity index (χ2n) is 10.1. The molecule has 0 bridgehead atoms. The molecule has 204 valence electrons. The van der Waals surface area contributed by atoms with Crippen LogP contribution in [0, 0.1) is 0 Å². The molecule has 0 aromatic heterocycles. The number of hydrogen-bond acceptors (Lipinski definition) is 5. The molecule has 0 amide bonds. The van der Waals surface area contributed by atoms with Gasteiger partial charge in [-0.1, -0.05) is 113 Å². The Morgan fingerprint density at radius 2 is 1.43 bits per heavy atom. The van der Waals surface area contributed by atoms with Crippen LogP contribution in [-0.2, 0) is 20.8 Å². The van der Waals surface area contributed by atoms with E-state index in [1.54, 1.807) is 23.9 Å². The average molecular weight is 527 g/mol. The van der Waals surface area contributed by atoms with Gasteiger partial charge in [-0.3, -0.25) is 0 Å². The minimum Gasteiger partial charge on any atom is -0.455 e. The van der Waals surface area contributed by atoms with Gasteiger partial charge in [-0.25, -0.2) is 4.79 Å². The monoisotopic (exact) mass is 526 g/mol. The molecule has 1 aliphatic rings. The van der Waals surface area contributed by atoms with Gasteiger partial charge < -0.3 is 14.2 Å². The van der Waals surface area contributed by atoms with Crippen LogP contribution in [0.25, 0.3) is 0 Å². The fraction of sp³-hybridized carbons (Fsp3) is 0.594. The van der Waals surface area contributed by atoms with E-state index in [9.17, 15) is 4.79 Å². The molecule has 0 N–H and O–H groups in total. The fourth-order valence-electron chi connectivity index (χ4n) is 4.72. The summed E-state index contributed by atoms with van der Waals surface area (Å²) in [5, 5.41) is 0. The lowest BCUT2D eigenvalue weighted by Gasteiger charge is -2.39. The number of unbranched alkanes of at least 4 members (excludes halogenated alkanes) is 9. The molecule has 2 aromatic rings. The van der Waals surface area contributed by atoms with Crippen molar-refractivity contribution >= 4 is 17.7 Å². The van der Waals surface area contributed by atoms with Gasteiger partial charge in [0.2, 0.25) is 0 Å². The van der Waals surface area contributed by atoms with Crippen LogP contribution in [0.4, 0.5) is 0 Å². The van der Waals surface area contributed by atoms with Crippen LogP contribution in [0.15, 0.2) is 60.7 Å². The Morgan fingerprint density at radius 1 is 0.838 bits per heavy atom. The normalized spacial score (nSPS) is 21.6. The first-order valence-corrected chi connectivity index (χ1v) is 15.4. The van der Waals surface area contributed by atoms with Gasteiger partial charge in [0.1, 0.15) is 11.5 Å².